The van der Waals surface area contributed by atoms with E-state index in [4.69, 9.17) is 18.9 Å². The maximum atomic E-state index is 13.3. The number of Topliss-reactive ketones (excluding diaryl/α,β-unsaturated/α-hetero) is 1. The number of hydrogen-bond donors (Lipinski definition) is 0. The third-order valence-electron chi connectivity index (χ3n) is 5.32. The van der Waals surface area contributed by atoms with Crippen molar-refractivity contribution in [3.05, 3.63) is 58.7 Å². The number of likely N-dealkylation sites (N-methyl/N-ethyl adjacent to an activating group) is 1. The number of ketones is 1. The van der Waals surface area contributed by atoms with Crippen LogP contribution in [0.25, 0.3) is 12.2 Å². The van der Waals surface area contributed by atoms with Crippen LogP contribution in [-0.2, 0) is 4.79 Å². The van der Waals surface area contributed by atoms with Gasteiger partial charge >= 0.3 is 0 Å². The highest BCUT2D eigenvalue weighted by molar-refractivity contribution is 6.14. The van der Waals surface area contributed by atoms with Crippen LogP contribution >= 0.6 is 0 Å². The summed E-state index contributed by atoms with van der Waals surface area (Å²) in [4.78, 5) is 15.5. The van der Waals surface area contributed by atoms with Crippen molar-refractivity contribution in [1.82, 2.24) is 4.90 Å². The van der Waals surface area contributed by atoms with E-state index in [2.05, 4.69) is 11.8 Å². The molecule has 1 aliphatic heterocycles. The molecule has 1 aliphatic rings. The molecule has 0 N–H and O–H groups in total. The van der Waals surface area contributed by atoms with Crippen LogP contribution < -0.4 is 18.9 Å². The van der Waals surface area contributed by atoms with Crippen molar-refractivity contribution in [2.75, 3.05) is 48.1 Å². The minimum atomic E-state index is 0.0502. The number of rotatable bonds is 7. The quantitative estimate of drug-likeness (QED) is 0.625. The smallest absolute Gasteiger partial charge is 0.187 e. The zero-order valence-corrected chi connectivity index (χ0v) is 18.7. The first kappa shape index (κ1) is 22.4. The van der Waals surface area contributed by atoms with Gasteiger partial charge in [-0.1, -0.05) is 19.1 Å². The van der Waals surface area contributed by atoms with Crippen LogP contribution in [0.15, 0.2) is 47.5 Å². The Morgan fingerprint density at radius 1 is 0.742 bits per heavy atom. The fourth-order valence-corrected chi connectivity index (χ4v) is 3.62. The molecule has 1 heterocycles. The first-order valence-electron chi connectivity index (χ1n) is 10.1. The van der Waals surface area contributed by atoms with E-state index in [1.54, 1.807) is 28.4 Å². The first-order chi connectivity index (χ1) is 15.0. The minimum Gasteiger partial charge on any atom is -0.493 e. The predicted octanol–water partition coefficient (Wildman–Crippen LogP) is 4.09. The van der Waals surface area contributed by atoms with Gasteiger partial charge in [0.25, 0.3) is 0 Å². The van der Waals surface area contributed by atoms with Gasteiger partial charge in [0, 0.05) is 24.2 Å². The Bertz CT molecular complexity index is 931. The average molecular weight is 424 g/mol. The molecular weight excluding hydrogens is 394 g/mol. The monoisotopic (exact) mass is 423 g/mol. The third kappa shape index (κ3) is 5.09. The molecule has 1 fully saturated rings. The molecule has 2 aromatic rings. The molecule has 2 aromatic carbocycles. The summed E-state index contributed by atoms with van der Waals surface area (Å²) in [5, 5.41) is 0. The van der Waals surface area contributed by atoms with Crippen molar-refractivity contribution in [3.63, 3.8) is 0 Å². The first-order valence-corrected chi connectivity index (χ1v) is 10.1. The lowest BCUT2D eigenvalue weighted by Crippen LogP contribution is -2.37. The van der Waals surface area contributed by atoms with Crippen LogP contribution in [0.5, 0.6) is 23.0 Å². The van der Waals surface area contributed by atoms with E-state index in [1.807, 2.05) is 48.6 Å². The van der Waals surface area contributed by atoms with Crippen molar-refractivity contribution in [2.24, 2.45) is 0 Å². The lowest BCUT2D eigenvalue weighted by molar-refractivity contribution is -0.113. The van der Waals surface area contributed by atoms with Crippen LogP contribution in [0, 0.1) is 0 Å². The number of carbonyl (C=O) groups is 1. The number of benzene rings is 2. The summed E-state index contributed by atoms with van der Waals surface area (Å²) in [6, 6.07) is 11.3. The molecule has 6 nitrogen and oxygen atoms in total. The maximum Gasteiger partial charge on any atom is 0.187 e. The van der Waals surface area contributed by atoms with Crippen LogP contribution in [0.1, 0.15) is 18.1 Å². The number of ether oxygens (including phenoxy) is 4. The largest absolute Gasteiger partial charge is 0.493 e. The zero-order valence-electron chi connectivity index (χ0n) is 18.7. The molecule has 0 aromatic heterocycles. The second-order valence-electron chi connectivity index (χ2n) is 7.20. The Morgan fingerprint density at radius 3 is 1.52 bits per heavy atom. The van der Waals surface area contributed by atoms with Crippen LogP contribution in [0.3, 0.4) is 0 Å². The van der Waals surface area contributed by atoms with Crippen molar-refractivity contribution in [3.8, 4) is 23.0 Å². The van der Waals surface area contributed by atoms with Gasteiger partial charge in [0.2, 0.25) is 0 Å². The van der Waals surface area contributed by atoms with Gasteiger partial charge in [-0.3, -0.25) is 9.69 Å². The second kappa shape index (κ2) is 10.2. The van der Waals surface area contributed by atoms with Gasteiger partial charge < -0.3 is 18.9 Å². The SMILES string of the molecule is CCN1C/C(=C/c2ccc(OC)c(OC)c2)C(=O)/C(=C\c2ccc(OC)c(OC)c2)C1. The van der Waals surface area contributed by atoms with Gasteiger partial charge in [0.05, 0.1) is 28.4 Å². The minimum absolute atomic E-state index is 0.0502. The molecule has 0 radical (unpaired) electrons. The summed E-state index contributed by atoms with van der Waals surface area (Å²) in [5.41, 5.74) is 3.27. The van der Waals surface area contributed by atoms with E-state index >= 15 is 0 Å². The molecule has 0 atom stereocenters. The molecular formula is C25H29NO5. The molecule has 0 saturated carbocycles. The van der Waals surface area contributed by atoms with Crippen LogP contribution in [0.2, 0.25) is 0 Å². The second-order valence-corrected chi connectivity index (χ2v) is 7.20. The topological polar surface area (TPSA) is 57.2 Å². The Hall–Kier alpha value is -3.25. The number of carbonyl (C=O) groups excluding carboxylic acids is 1. The van der Waals surface area contributed by atoms with Gasteiger partial charge in [-0.2, -0.15) is 0 Å². The Labute approximate surface area is 183 Å². The third-order valence-corrected chi connectivity index (χ3v) is 5.32. The fourth-order valence-electron chi connectivity index (χ4n) is 3.62. The van der Waals surface area contributed by atoms with Gasteiger partial charge in [-0.15, -0.1) is 0 Å². The highest BCUT2D eigenvalue weighted by atomic mass is 16.5. The van der Waals surface area contributed by atoms with E-state index in [1.165, 1.54) is 0 Å². The molecule has 164 valence electrons. The van der Waals surface area contributed by atoms with E-state index in [9.17, 15) is 4.79 Å². The van der Waals surface area contributed by atoms with Crippen molar-refractivity contribution < 1.29 is 23.7 Å². The van der Waals surface area contributed by atoms with Crippen LogP contribution in [0.4, 0.5) is 0 Å². The summed E-state index contributed by atoms with van der Waals surface area (Å²) in [6.45, 7) is 4.15. The molecule has 31 heavy (non-hydrogen) atoms. The number of nitrogens with zero attached hydrogens (tertiary/aromatic N) is 1. The molecule has 0 spiro atoms. The van der Waals surface area contributed by atoms with E-state index in [0.29, 0.717) is 36.1 Å². The molecule has 0 amide bonds. The highest BCUT2D eigenvalue weighted by Gasteiger charge is 2.25. The van der Waals surface area contributed by atoms with Gasteiger partial charge in [-0.05, 0) is 54.1 Å². The zero-order chi connectivity index (χ0) is 22.4. The van der Waals surface area contributed by atoms with E-state index in [-0.39, 0.29) is 5.78 Å². The molecule has 0 bridgehead atoms. The molecule has 0 aliphatic carbocycles. The Kier molecular flexibility index (Phi) is 7.36. The number of methoxy groups -OCH3 is 4. The van der Waals surface area contributed by atoms with E-state index in [0.717, 1.165) is 28.8 Å². The Balaban J connectivity index is 1.96. The summed E-state index contributed by atoms with van der Waals surface area (Å²) in [5.74, 6) is 2.63. The van der Waals surface area contributed by atoms with Crippen LogP contribution in [-0.4, -0.2) is 58.8 Å². The number of piperidine rings is 1. The lowest BCUT2D eigenvalue weighted by Gasteiger charge is -2.28. The molecule has 1 saturated heterocycles. The van der Waals surface area contributed by atoms with Gasteiger partial charge in [-0.25, -0.2) is 0 Å². The average Bonchev–Trinajstić information content (AvgIpc) is 2.81. The predicted molar refractivity (Wildman–Crippen MR) is 122 cm³/mol. The van der Waals surface area contributed by atoms with Gasteiger partial charge in [0.1, 0.15) is 0 Å². The summed E-state index contributed by atoms with van der Waals surface area (Å²) in [7, 11) is 6.41. The maximum absolute atomic E-state index is 13.3. The molecule has 3 rings (SSSR count). The summed E-state index contributed by atoms with van der Waals surface area (Å²) in [6.07, 6.45) is 3.85. The van der Waals surface area contributed by atoms with Gasteiger partial charge in [0.15, 0.2) is 28.8 Å². The lowest BCUT2D eigenvalue weighted by atomic mass is 9.94. The van der Waals surface area contributed by atoms with Crippen molar-refractivity contribution in [2.45, 2.75) is 6.92 Å². The van der Waals surface area contributed by atoms with Crippen molar-refractivity contribution in [1.29, 1.82) is 0 Å². The standard InChI is InChI=1S/C25H29NO5/c1-6-26-15-19(11-17-7-9-21(28-2)23(13-17)30-4)25(27)20(16-26)12-18-8-10-22(29-3)24(14-18)31-5/h7-14H,6,15-16H2,1-5H3/b19-11-,20-12-. The normalized spacial score (nSPS) is 17.1. The summed E-state index contributed by atoms with van der Waals surface area (Å²) >= 11 is 0. The fraction of sp³-hybridized carbons (Fsp3) is 0.320. The van der Waals surface area contributed by atoms with Crippen molar-refractivity contribution >= 4 is 17.9 Å². The highest BCUT2D eigenvalue weighted by Crippen LogP contribution is 2.31. The summed E-state index contributed by atoms with van der Waals surface area (Å²) < 4.78 is 21.4. The Morgan fingerprint density at radius 2 is 1.16 bits per heavy atom. The molecule has 6 heteroatoms. The molecule has 0 unspecified atom stereocenters. The number of hydrogen-bond acceptors (Lipinski definition) is 6. The number of likely N-dealkylation sites (tertiary alicyclic amines) is 1. The van der Waals surface area contributed by atoms with E-state index < -0.39 is 0 Å².